The van der Waals surface area contributed by atoms with Crippen LogP contribution in [-0.4, -0.2) is 25.7 Å². The number of H-pyrrole nitrogens is 1. The van der Waals surface area contributed by atoms with E-state index in [-0.39, 0.29) is 5.56 Å². The zero-order chi connectivity index (χ0) is 15.5. The second kappa shape index (κ2) is 5.62. The third-order valence-electron chi connectivity index (χ3n) is 3.14. The van der Waals surface area contributed by atoms with E-state index in [9.17, 15) is 9.59 Å². The zero-order valence-electron chi connectivity index (χ0n) is 11.4. The van der Waals surface area contributed by atoms with Crippen molar-refractivity contribution >= 4 is 5.91 Å². The number of imidazole rings is 1. The van der Waals surface area contributed by atoms with Crippen molar-refractivity contribution in [2.75, 3.05) is 0 Å². The van der Waals surface area contributed by atoms with E-state index >= 15 is 0 Å². The average molecular weight is 296 g/mol. The molecule has 1 aromatic carbocycles. The highest BCUT2D eigenvalue weighted by Gasteiger charge is 2.12. The van der Waals surface area contributed by atoms with Crippen molar-refractivity contribution in [2.24, 2.45) is 5.84 Å². The monoisotopic (exact) mass is 296 g/mol. The highest BCUT2D eigenvalue weighted by molar-refractivity contribution is 5.94. The van der Waals surface area contributed by atoms with E-state index in [0.29, 0.717) is 5.69 Å². The SMILES string of the molecule is NNC(=O)c1cc(-c2ccc(-n3ccnc3)cc2)n[nH]c1=O. The van der Waals surface area contributed by atoms with Crippen LogP contribution in [0.5, 0.6) is 0 Å². The molecule has 3 aromatic rings. The summed E-state index contributed by atoms with van der Waals surface area (Å²) < 4.78 is 1.86. The standard InChI is InChI=1S/C14H12N6O2/c15-17-13(21)11-7-12(18-19-14(11)22)9-1-3-10(4-2-9)20-6-5-16-8-20/h1-8H,15H2,(H,17,21)(H,19,22). The maximum atomic E-state index is 11.6. The molecule has 8 heteroatoms. The Kier molecular flexibility index (Phi) is 3.50. The lowest BCUT2D eigenvalue weighted by Gasteiger charge is -2.05. The Hall–Kier alpha value is -3.26. The van der Waals surface area contributed by atoms with Gasteiger partial charge in [-0.15, -0.1) is 0 Å². The van der Waals surface area contributed by atoms with Crippen LogP contribution in [0.4, 0.5) is 0 Å². The quantitative estimate of drug-likeness (QED) is 0.363. The second-order valence-corrected chi connectivity index (χ2v) is 4.49. The Morgan fingerprint density at radius 1 is 1.27 bits per heavy atom. The lowest BCUT2D eigenvalue weighted by Crippen LogP contribution is -2.34. The van der Waals surface area contributed by atoms with Crippen LogP contribution < -0.4 is 16.8 Å². The number of hydrogen-bond acceptors (Lipinski definition) is 5. The third kappa shape index (κ3) is 2.50. The molecule has 0 saturated heterocycles. The van der Waals surface area contributed by atoms with Gasteiger partial charge in [0.15, 0.2) is 0 Å². The van der Waals surface area contributed by atoms with Gasteiger partial charge in [0.25, 0.3) is 11.5 Å². The first-order valence-corrected chi connectivity index (χ1v) is 6.38. The highest BCUT2D eigenvalue weighted by Crippen LogP contribution is 2.18. The number of nitrogens with zero attached hydrogens (tertiary/aromatic N) is 3. The van der Waals surface area contributed by atoms with Crippen LogP contribution >= 0.6 is 0 Å². The molecular weight excluding hydrogens is 284 g/mol. The minimum Gasteiger partial charge on any atom is -0.306 e. The second-order valence-electron chi connectivity index (χ2n) is 4.49. The Bertz CT molecular complexity index is 852. The van der Waals surface area contributed by atoms with E-state index < -0.39 is 11.5 Å². The minimum atomic E-state index is -0.667. The molecule has 0 bridgehead atoms. The van der Waals surface area contributed by atoms with Gasteiger partial charge in [0.1, 0.15) is 5.56 Å². The fourth-order valence-electron chi connectivity index (χ4n) is 2.02. The Balaban J connectivity index is 1.98. The lowest BCUT2D eigenvalue weighted by atomic mass is 10.1. The molecule has 0 aliphatic rings. The number of benzene rings is 1. The molecule has 8 nitrogen and oxygen atoms in total. The van der Waals surface area contributed by atoms with E-state index in [1.165, 1.54) is 6.07 Å². The number of carbonyl (C=O) groups is 1. The molecule has 1 amide bonds. The highest BCUT2D eigenvalue weighted by atomic mass is 16.2. The van der Waals surface area contributed by atoms with Crippen molar-refractivity contribution in [1.29, 1.82) is 0 Å². The van der Waals surface area contributed by atoms with Crippen molar-refractivity contribution in [2.45, 2.75) is 0 Å². The van der Waals surface area contributed by atoms with E-state index in [0.717, 1.165) is 11.3 Å². The molecule has 0 fully saturated rings. The van der Waals surface area contributed by atoms with Gasteiger partial charge in [-0.3, -0.25) is 15.0 Å². The first-order valence-electron chi connectivity index (χ1n) is 6.38. The summed E-state index contributed by atoms with van der Waals surface area (Å²) in [7, 11) is 0. The average Bonchev–Trinajstić information content (AvgIpc) is 3.09. The largest absolute Gasteiger partial charge is 0.306 e. The molecule has 22 heavy (non-hydrogen) atoms. The number of hydrazine groups is 1. The Morgan fingerprint density at radius 2 is 2.05 bits per heavy atom. The summed E-state index contributed by atoms with van der Waals surface area (Å²) in [5.41, 5.74) is 3.40. The van der Waals surface area contributed by atoms with Gasteiger partial charge in [-0.2, -0.15) is 5.10 Å². The van der Waals surface area contributed by atoms with Gasteiger partial charge in [0.05, 0.1) is 12.0 Å². The number of nitrogens with one attached hydrogen (secondary N) is 2. The van der Waals surface area contributed by atoms with Crippen molar-refractivity contribution in [3.8, 4) is 16.9 Å². The van der Waals surface area contributed by atoms with Gasteiger partial charge < -0.3 is 4.57 Å². The summed E-state index contributed by atoms with van der Waals surface area (Å²) in [4.78, 5) is 27.1. The number of hydrogen-bond donors (Lipinski definition) is 3. The van der Waals surface area contributed by atoms with Crippen molar-refractivity contribution in [1.82, 2.24) is 25.2 Å². The molecule has 0 saturated carbocycles. The van der Waals surface area contributed by atoms with Crippen LogP contribution in [0.15, 0.2) is 53.8 Å². The fourth-order valence-corrected chi connectivity index (χ4v) is 2.02. The van der Waals surface area contributed by atoms with E-state index in [1.54, 1.807) is 12.5 Å². The van der Waals surface area contributed by atoms with Crippen LogP contribution in [0.1, 0.15) is 10.4 Å². The van der Waals surface area contributed by atoms with Crippen molar-refractivity contribution in [3.63, 3.8) is 0 Å². The first kappa shape index (κ1) is 13.7. The van der Waals surface area contributed by atoms with E-state index in [1.807, 2.05) is 40.5 Å². The molecular formula is C14H12N6O2. The van der Waals surface area contributed by atoms with Crippen molar-refractivity contribution in [3.05, 3.63) is 65.0 Å². The smallest absolute Gasteiger partial charge is 0.277 e. The van der Waals surface area contributed by atoms with Crippen LogP contribution in [0.25, 0.3) is 16.9 Å². The summed E-state index contributed by atoms with van der Waals surface area (Å²) >= 11 is 0. The molecule has 0 unspecified atom stereocenters. The minimum absolute atomic E-state index is 0.0915. The maximum absolute atomic E-state index is 11.6. The summed E-state index contributed by atoms with van der Waals surface area (Å²) in [5.74, 6) is 4.39. The molecule has 0 aliphatic carbocycles. The number of rotatable bonds is 3. The van der Waals surface area contributed by atoms with Crippen LogP contribution in [0.3, 0.4) is 0 Å². The van der Waals surface area contributed by atoms with Crippen LogP contribution in [-0.2, 0) is 0 Å². The lowest BCUT2D eigenvalue weighted by molar-refractivity contribution is 0.0952. The van der Waals surface area contributed by atoms with Gasteiger partial charge in [-0.05, 0) is 18.2 Å². The number of amides is 1. The number of nitrogen functional groups attached to an aromatic ring is 1. The van der Waals surface area contributed by atoms with Gasteiger partial charge in [-0.1, -0.05) is 12.1 Å². The van der Waals surface area contributed by atoms with Gasteiger partial charge in [-0.25, -0.2) is 15.9 Å². The predicted molar refractivity (Wildman–Crippen MR) is 79.1 cm³/mol. The number of carbonyl (C=O) groups excluding carboxylic acids is 1. The molecule has 0 atom stereocenters. The van der Waals surface area contributed by atoms with Gasteiger partial charge in [0, 0.05) is 23.6 Å². The molecule has 0 radical (unpaired) electrons. The number of aromatic nitrogens is 4. The molecule has 0 aliphatic heterocycles. The molecule has 0 spiro atoms. The topological polar surface area (TPSA) is 119 Å². The molecule has 2 aromatic heterocycles. The van der Waals surface area contributed by atoms with Crippen molar-refractivity contribution < 1.29 is 4.79 Å². The first-order chi connectivity index (χ1) is 10.7. The third-order valence-corrected chi connectivity index (χ3v) is 3.14. The summed E-state index contributed by atoms with van der Waals surface area (Å²) in [6.07, 6.45) is 5.21. The Labute approximate surface area is 124 Å². The number of aromatic amines is 1. The van der Waals surface area contributed by atoms with Crippen LogP contribution in [0, 0.1) is 0 Å². The van der Waals surface area contributed by atoms with Crippen LogP contribution in [0.2, 0.25) is 0 Å². The molecule has 2 heterocycles. The maximum Gasteiger partial charge on any atom is 0.277 e. The number of nitrogens with two attached hydrogens (primary N) is 1. The normalized spacial score (nSPS) is 10.4. The zero-order valence-corrected chi connectivity index (χ0v) is 11.4. The Morgan fingerprint density at radius 3 is 2.68 bits per heavy atom. The van der Waals surface area contributed by atoms with Gasteiger partial charge >= 0.3 is 0 Å². The molecule has 3 rings (SSSR count). The van der Waals surface area contributed by atoms with E-state index in [2.05, 4.69) is 15.2 Å². The summed E-state index contributed by atoms with van der Waals surface area (Å²) in [6.45, 7) is 0. The fraction of sp³-hybridized carbons (Fsp3) is 0. The van der Waals surface area contributed by atoms with Gasteiger partial charge in [0.2, 0.25) is 0 Å². The van der Waals surface area contributed by atoms with E-state index in [4.69, 9.17) is 5.84 Å². The summed E-state index contributed by atoms with van der Waals surface area (Å²) in [5, 5.41) is 6.23. The molecule has 4 N–H and O–H groups in total. The predicted octanol–water partition coefficient (Wildman–Crippen LogP) is 0.226. The molecule has 110 valence electrons. The summed E-state index contributed by atoms with van der Waals surface area (Å²) in [6, 6.07) is 8.83.